The Bertz CT molecular complexity index is 758. The maximum Gasteiger partial charge on any atom is 0.226 e. The Hall–Kier alpha value is -2.37. The summed E-state index contributed by atoms with van der Waals surface area (Å²) in [6.07, 6.45) is 4.27. The van der Waals surface area contributed by atoms with E-state index in [4.69, 9.17) is 4.52 Å². The fourth-order valence-corrected chi connectivity index (χ4v) is 3.27. The molecule has 6 nitrogen and oxygen atoms in total. The van der Waals surface area contributed by atoms with Gasteiger partial charge in [0.15, 0.2) is 5.82 Å². The second-order valence-corrected chi connectivity index (χ2v) is 8.21. The third-order valence-corrected chi connectivity index (χ3v) is 4.85. The molecule has 6 heteroatoms. The highest BCUT2D eigenvalue weighted by molar-refractivity contribution is 5.76. The molecule has 1 aromatic carbocycles. The molecule has 0 unspecified atom stereocenters. The van der Waals surface area contributed by atoms with Gasteiger partial charge in [-0.2, -0.15) is 4.98 Å². The molecule has 0 atom stereocenters. The van der Waals surface area contributed by atoms with Crippen LogP contribution in [0.15, 0.2) is 28.8 Å². The first-order valence-corrected chi connectivity index (χ1v) is 9.86. The van der Waals surface area contributed by atoms with Crippen LogP contribution in [0.5, 0.6) is 0 Å². The summed E-state index contributed by atoms with van der Waals surface area (Å²) < 4.78 is 5.28. The lowest BCUT2D eigenvalue weighted by Gasteiger charge is -2.21. The maximum atomic E-state index is 12.2. The molecule has 2 aromatic rings. The van der Waals surface area contributed by atoms with E-state index in [1.54, 1.807) is 0 Å². The van der Waals surface area contributed by atoms with E-state index in [1.807, 2.05) is 6.07 Å². The van der Waals surface area contributed by atoms with Gasteiger partial charge in [0.2, 0.25) is 11.8 Å². The lowest BCUT2D eigenvalue weighted by atomic mass is 9.96. The molecular weight excluding hydrogens is 340 g/mol. The first-order valence-electron chi connectivity index (χ1n) is 9.86. The van der Waals surface area contributed by atoms with Gasteiger partial charge in [-0.1, -0.05) is 44.1 Å². The number of benzene rings is 1. The Labute approximate surface area is 161 Å². The second-order valence-electron chi connectivity index (χ2n) is 8.21. The molecule has 1 aliphatic rings. The van der Waals surface area contributed by atoms with Crippen LogP contribution in [0.1, 0.15) is 63.7 Å². The minimum Gasteiger partial charge on any atom is -0.371 e. The van der Waals surface area contributed by atoms with Crippen molar-refractivity contribution in [3.8, 4) is 0 Å². The molecular formula is C21H30N4O2. The van der Waals surface area contributed by atoms with Crippen LogP contribution in [0.4, 0.5) is 5.69 Å². The molecule has 0 saturated carbocycles. The topological polar surface area (TPSA) is 71.3 Å². The van der Waals surface area contributed by atoms with E-state index in [9.17, 15) is 4.79 Å². The predicted octanol–water partition coefficient (Wildman–Crippen LogP) is 3.61. The van der Waals surface area contributed by atoms with Gasteiger partial charge in [0, 0.05) is 43.6 Å². The molecule has 1 saturated heterocycles. The Morgan fingerprint density at radius 1 is 1.22 bits per heavy atom. The predicted molar refractivity (Wildman–Crippen MR) is 106 cm³/mol. The molecule has 1 amide bonds. The molecule has 0 bridgehead atoms. The van der Waals surface area contributed by atoms with Crippen LogP contribution in [-0.4, -0.2) is 29.1 Å². The van der Waals surface area contributed by atoms with Gasteiger partial charge in [0.25, 0.3) is 0 Å². The zero-order valence-electron chi connectivity index (χ0n) is 16.6. The number of amides is 1. The number of aromatic nitrogens is 2. The van der Waals surface area contributed by atoms with Crippen molar-refractivity contribution in [1.29, 1.82) is 0 Å². The number of aryl methyl sites for hydroxylation is 1. The van der Waals surface area contributed by atoms with Gasteiger partial charge in [-0.25, -0.2) is 0 Å². The van der Waals surface area contributed by atoms with Gasteiger partial charge in [0.1, 0.15) is 0 Å². The SMILES string of the molecule is CC(C)(C)c1noc(CCCC(=O)NCc2ccccc2N2CCCC2)n1. The molecule has 0 spiro atoms. The van der Waals surface area contributed by atoms with Crippen molar-refractivity contribution < 1.29 is 9.32 Å². The highest BCUT2D eigenvalue weighted by Crippen LogP contribution is 2.24. The summed E-state index contributed by atoms with van der Waals surface area (Å²) in [4.78, 5) is 19.0. The number of hydrogen-bond acceptors (Lipinski definition) is 5. The number of para-hydroxylation sites is 1. The van der Waals surface area contributed by atoms with E-state index < -0.39 is 0 Å². The normalized spacial score (nSPS) is 14.6. The highest BCUT2D eigenvalue weighted by Gasteiger charge is 2.21. The van der Waals surface area contributed by atoms with Gasteiger partial charge < -0.3 is 14.7 Å². The van der Waals surface area contributed by atoms with Crippen LogP contribution in [0.3, 0.4) is 0 Å². The van der Waals surface area contributed by atoms with Crippen molar-refractivity contribution >= 4 is 11.6 Å². The summed E-state index contributed by atoms with van der Waals surface area (Å²) in [5, 5.41) is 7.06. The van der Waals surface area contributed by atoms with E-state index >= 15 is 0 Å². The van der Waals surface area contributed by atoms with Crippen molar-refractivity contribution in [2.24, 2.45) is 0 Å². The summed E-state index contributed by atoms with van der Waals surface area (Å²) >= 11 is 0. The third-order valence-electron chi connectivity index (χ3n) is 4.85. The Morgan fingerprint density at radius 3 is 2.67 bits per heavy atom. The molecule has 27 heavy (non-hydrogen) atoms. The molecule has 1 N–H and O–H groups in total. The molecule has 1 aliphatic heterocycles. The number of carbonyl (C=O) groups is 1. The Kier molecular flexibility index (Phi) is 6.14. The number of hydrogen-bond donors (Lipinski definition) is 1. The largest absolute Gasteiger partial charge is 0.371 e. The fraction of sp³-hybridized carbons (Fsp3) is 0.571. The van der Waals surface area contributed by atoms with Crippen molar-refractivity contribution in [3.63, 3.8) is 0 Å². The summed E-state index contributed by atoms with van der Waals surface area (Å²) in [6, 6.07) is 8.34. The van der Waals surface area contributed by atoms with Gasteiger partial charge in [-0.15, -0.1) is 0 Å². The first kappa shape index (κ1) is 19.4. The minimum atomic E-state index is -0.123. The average Bonchev–Trinajstić information content (AvgIpc) is 3.32. The molecule has 0 aliphatic carbocycles. The Balaban J connectivity index is 1.44. The highest BCUT2D eigenvalue weighted by atomic mass is 16.5. The lowest BCUT2D eigenvalue weighted by molar-refractivity contribution is -0.121. The summed E-state index contributed by atoms with van der Waals surface area (Å²) in [6.45, 7) is 8.93. The molecule has 146 valence electrons. The Morgan fingerprint density at radius 2 is 1.96 bits per heavy atom. The fourth-order valence-electron chi connectivity index (χ4n) is 3.27. The van der Waals surface area contributed by atoms with Crippen molar-refractivity contribution in [1.82, 2.24) is 15.5 Å². The quantitative estimate of drug-likeness (QED) is 0.806. The zero-order chi connectivity index (χ0) is 19.3. The van der Waals surface area contributed by atoms with Crippen LogP contribution in [0.2, 0.25) is 0 Å². The summed E-state index contributed by atoms with van der Waals surface area (Å²) in [7, 11) is 0. The number of anilines is 1. The van der Waals surface area contributed by atoms with E-state index in [2.05, 4.69) is 59.3 Å². The third kappa shape index (κ3) is 5.31. The van der Waals surface area contributed by atoms with Crippen LogP contribution in [-0.2, 0) is 23.2 Å². The molecule has 1 fully saturated rings. The van der Waals surface area contributed by atoms with Crippen molar-refractivity contribution in [2.75, 3.05) is 18.0 Å². The second kappa shape index (κ2) is 8.55. The van der Waals surface area contributed by atoms with E-state index in [-0.39, 0.29) is 11.3 Å². The van der Waals surface area contributed by atoms with Crippen LogP contribution < -0.4 is 10.2 Å². The van der Waals surface area contributed by atoms with E-state index in [0.29, 0.717) is 37.5 Å². The maximum absolute atomic E-state index is 12.2. The van der Waals surface area contributed by atoms with Crippen molar-refractivity contribution in [3.05, 3.63) is 41.5 Å². The van der Waals surface area contributed by atoms with Gasteiger partial charge in [-0.05, 0) is 30.9 Å². The smallest absolute Gasteiger partial charge is 0.226 e. The first-order chi connectivity index (χ1) is 12.9. The minimum absolute atomic E-state index is 0.0572. The number of nitrogens with one attached hydrogen (secondary N) is 1. The molecule has 0 radical (unpaired) electrons. The summed E-state index contributed by atoms with van der Waals surface area (Å²) in [5.74, 6) is 1.37. The molecule has 3 rings (SSSR count). The number of rotatable bonds is 7. The molecule has 2 heterocycles. The van der Waals surface area contributed by atoms with Gasteiger partial charge >= 0.3 is 0 Å². The van der Waals surface area contributed by atoms with Gasteiger partial charge in [0.05, 0.1) is 0 Å². The monoisotopic (exact) mass is 370 g/mol. The van der Waals surface area contributed by atoms with Crippen molar-refractivity contribution in [2.45, 2.75) is 64.8 Å². The summed E-state index contributed by atoms with van der Waals surface area (Å²) in [5.41, 5.74) is 2.30. The van der Waals surface area contributed by atoms with E-state index in [0.717, 1.165) is 13.1 Å². The van der Waals surface area contributed by atoms with Crippen LogP contribution in [0.25, 0.3) is 0 Å². The number of carbonyl (C=O) groups excluding carboxylic acids is 1. The zero-order valence-corrected chi connectivity index (χ0v) is 16.6. The number of nitrogens with zero attached hydrogens (tertiary/aromatic N) is 3. The standard InChI is InChI=1S/C21H30N4O2/c1-21(2,3)20-23-19(27-24-20)12-8-11-18(26)22-15-16-9-4-5-10-17(16)25-13-6-7-14-25/h4-5,9-10H,6-8,11-15H2,1-3H3,(H,22,26). The lowest BCUT2D eigenvalue weighted by Crippen LogP contribution is -2.25. The molecule has 1 aromatic heterocycles. The van der Waals surface area contributed by atoms with Crippen LogP contribution in [0, 0.1) is 0 Å². The van der Waals surface area contributed by atoms with Gasteiger partial charge in [-0.3, -0.25) is 4.79 Å². The average molecular weight is 370 g/mol. The van der Waals surface area contributed by atoms with Crippen LogP contribution >= 0.6 is 0 Å². The van der Waals surface area contributed by atoms with E-state index in [1.165, 1.54) is 24.1 Å².